The van der Waals surface area contributed by atoms with Crippen molar-refractivity contribution in [1.82, 2.24) is 0 Å². The van der Waals surface area contributed by atoms with Gasteiger partial charge >= 0.3 is 5.97 Å². The van der Waals surface area contributed by atoms with E-state index in [1.54, 1.807) is 66.7 Å². The second kappa shape index (κ2) is 11.7. The van der Waals surface area contributed by atoms with Crippen molar-refractivity contribution in [1.29, 1.82) is 0 Å². The average molecular weight is 491 g/mol. The fraction of sp³-hybridized carbons (Fsp3) is 0.222. The van der Waals surface area contributed by atoms with Crippen molar-refractivity contribution >= 4 is 29.2 Å². The maximum Gasteiger partial charge on any atom is 0.310 e. The predicted octanol–water partition coefficient (Wildman–Crippen LogP) is 3.83. The van der Waals surface area contributed by atoms with Crippen LogP contribution in [0.15, 0.2) is 66.7 Å². The molecule has 1 aliphatic heterocycles. The van der Waals surface area contributed by atoms with Gasteiger partial charge in [0, 0.05) is 16.9 Å². The standard InChI is InChI=1S/C27H26N2O7/c1-2-33-22-10-8-21(9-11-22)29-27(32)19-4-6-20(7-5-19)28-25(30)17-36-26(31)16-18-3-12-23-24(15-18)35-14-13-34-23/h3-12,15H,2,13-14,16-17H2,1H3,(H,28,30)(H,29,32). The van der Waals surface area contributed by atoms with E-state index in [0.29, 0.717) is 53.8 Å². The molecule has 0 aromatic heterocycles. The number of hydrogen-bond donors (Lipinski definition) is 2. The van der Waals surface area contributed by atoms with Crippen LogP contribution in [0.3, 0.4) is 0 Å². The third kappa shape index (κ3) is 6.75. The number of ether oxygens (including phenoxy) is 4. The zero-order chi connectivity index (χ0) is 25.3. The molecule has 186 valence electrons. The van der Waals surface area contributed by atoms with E-state index in [4.69, 9.17) is 18.9 Å². The third-order valence-electron chi connectivity index (χ3n) is 5.17. The summed E-state index contributed by atoms with van der Waals surface area (Å²) in [6.45, 7) is 2.98. The van der Waals surface area contributed by atoms with E-state index in [2.05, 4.69) is 10.6 Å². The van der Waals surface area contributed by atoms with E-state index >= 15 is 0 Å². The van der Waals surface area contributed by atoms with Crippen LogP contribution >= 0.6 is 0 Å². The fourth-order valence-corrected chi connectivity index (χ4v) is 3.47. The molecule has 0 spiro atoms. The molecule has 1 heterocycles. The van der Waals surface area contributed by atoms with Crippen molar-refractivity contribution in [3.05, 3.63) is 77.9 Å². The van der Waals surface area contributed by atoms with Crippen LogP contribution in [-0.4, -0.2) is 44.2 Å². The smallest absolute Gasteiger partial charge is 0.310 e. The summed E-state index contributed by atoms with van der Waals surface area (Å²) in [6, 6.07) is 18.7. The van der Waals surface area contributed by atoms with Crippen molar-refractivity contribution < 1.29 is 33.3 Å². The minimum atomic E-state index is -0.539. The maximum atomic E-state index is 12.5. The Morgan fingerprint density at radius 2 is 1.50 bits per heavy atom. The Bertz CT molecular complexity index is 1220. The lowest BCUT2D eigenvalue weighted by Gasteiger charge is -2.18. The van der Waals surface area contributed by atoms with Crippen LogP contribution in [0.25, 0.3) is 0 Å². The zero-order valence-electron chi connectivity index (χ0n) is 19.7. The molecular formula is C27H26N2O7. The topological polar surface area (TPSA) is 112 Å². The van der Waals surface area contributed by atoms with E-state index in [1.165, 1.54) is 0 Å². The van der Waals surface area contributed by atoms with Crippen molar-refractivity contribution in [2.45, 2.75) is 13.3 Å². The van der Waals surface area contributed by atoms with E-state index in [0.717, 1.165) is 5.75 Å². The Hall–Kier alpha value is -4.53. The summed E-state index contributed by atoms with van der Waals surface area (Å²) in [6.07, 6.45) is 0.00207. The number of anilines is 2. The van der Waals surface area contributed by atoms with Gasteiger partial charge in [0.25, 0.3) is 11.8 Å². The number of carbonyl (C=O) groups excluding carboxylic acids is 3. The SMILES string of the molecule is CCOc1ccc(NC(=O)c2ccc(NC(=O)COC(=O)Cc3ccc4c(c3)OCCO4)cc2)cc1. The van der Waals surface area contributed by atoms with Crippen LogP contribution in [0.1, 0.15) is 22.8 Å². The van der Waals surface area contributed by atoms with Crippen LogP contribution in [0, 0.1) is 0 Å². The molecule has 9 nitrogen and oxygen atoms in total. The molecule has 0 saturated heterocycles. The molecule has 0 fully saturated rings. The van der Waals surface area contributed by atoms with Crippen molar-refractivity contribution in [3.63, 3.8) is 0 Å². The van der Waals surface area contributed by atoms with Gasteiger partial charge in [-0.25, -0.2) is 0 Å². The number of rotatable bonds is 9. The van der Waals surface area contributed by atoms with Crippen LogP contribution in [0.4, 0.5) is 11.4 Å². The summed E-state index contributed by atoms with van der Waals surface area (Å²) in [5.74, 6) is 0.633. The van der Waals surface area contributed by atoms with Crippen LogP contribution in [-0.2, 0) is 20.7 Å². The van der Waals surface area contributed by atoms with Gasteiger partial charge in [0.2, 0.25) is 0 Å². The molecule has 0 atom stereocenters. The first-order chi connectivity index (χ1) is 17.5. The highest BCUT2D eigenvalue weighted by Crippen LogP contribution is 2.30. The Labute approximate surface area is 208 Å². The second-order valence-corrected chi connectivity index (χ2v) is 7.85. The fourth-order valence-electron chi connectivity index (χ4n) is 3.47. The minimum Gasteiger partial charge on any atom is -0.494 e. The Balaban J connectivity index is 1.22. The molecule has 2 N–H and O–H groups in total. The molecule has 0 saturated carbocycles. The number of amides is 2. The van der Waals surface area contributed by atoms with Gasteiger partial charge in [-0.05, 0) is 73.2 Å². The highest BCUT2D eigenvalue weighted by atomic mass is 16.6. The van der Waals surface area contributed by atoms with Gasteiger partial charge in [-0.2, -0.15) is 0 Å². The molecular weight excluding hydrogens is 464 g/mol. The number of esters is 1. The molecule has 0 bridgehead atoms. The quantitative estimate of drug-likeness (QED) is 0.439. The summed E-state index contributed by atoms with van der Waals surface area (Å²) in [7, 11) is 0. The summed E-state index contributed by atoms with van der Waals surface area (Å²) in [5.41, 5.74) is 2.23. The Morgan fingerprint density at radius 3 is 2.22 bits per heavy atom. The summed E-state index contributed by atoms with van der Waals surface area (Å²) < 4.78 is 21.4. The third-order valence-corrected chi connectivity index (χ3v) is 5.17. The van der Waals surface area contributed by atoms with Crippen molar-refractivity contribution in [2.75, 3.05) is 37.1 Å². The van der Waals surface area contributed by atoms with Crippen LogP contribution in [0.2, 0.25) is 0 Å². The first kappa shape index (κ1) is 24.6. The molecule has 36 heavy (non-hydrogen) atoms. The number of hydrogen-bond acceptors (Lipinski definition) is 7. The van der Waals surface area contributed by atoms with Gasteiger partial charge in [0.1, 0.15) is 19.0 Å². The van der Waals surface area contributed by atoms with E-state index in [-0.39, 0.29) is 12.3 Å². The number of nitrogens with one attached hydrogen (secondary N) is 2. The van der Waals surface area contributed by atoms with Gasteiger partial charge in [0.05, 0.1) is 13.0 Å². The maximum absolute atomic E-state index is 12.5. The first-order valence-corrected chi connectivity index (χ1v) is 11.5. The van der Waals surface area contributed by atoms with Gasteiger partial charge in [-0.1, -0.05) is 6.07 Å². The van der Waals surface area contributed by atoms with Crippen LogP contribution in [0.5, 0.6) is 17.2 Å². The summed E-state index contributed by atoms with van der Waals surface area (Å²) >= 11 is 0. The average Bonchev–Trinajstić information content (AvgIpc) is 2.89. The number of fused-ring (bicyclic) bond motifs is 1. The predicted molar refractivity (Wildman–Crippen MR) is 133 cm³/mol. The van der Waals surface area contributed by atoms with Crippen LogP contribution < -0.4 is 24.8 Å². The van der Waals surface area contributed by atoms with Crippen molar-refractivity contribution in [3.8, 4) is 17.2 Å². The zero-order valence-corrected chi connectivity index (χ0v) is 19.7. The number of carbonyl (C=O) groups is 3. The molecule has 4 rings (SSSR count). The second-order valence-electron chi connectivity index (χ2n) is 7.85. The molecule has 1 aliphatic rings. The highest BCUT2D eigenvalue weighted by molar-refractivity contribution is 6.04. The first-order valence-electron chi connectivity index (χ1n) is 11.5. The van der Waals surface area contributed by atoms with Gasteiger partial charge in [0.15, 0.2) is 18.1 Å². The lowest BCUT2D eigenvalue weighted by Crippen LogP contribution is -2.22. The van der Waals surface area contributed by atoms with Gasteiger partial charge in [-0.3, -0.25) is 14.4 Å². The molecule has 9 heteroatoms. The van der Waals surface area contributed by atoms with Crippen molar-refractivity contribution in [2.24, 2.45) is 0 Å². The van der Waals surface area contributed by atoms with E-state index < -0.39 is 18.5 Å². The van der Waals surface area contributed by atoms with E-state index in [1.807, 2.05) is 6.92 Å². The molecule has 2 amide bonds. The Morgan fingerprint density at radius 1 is 0.833 bits per heavy atom. The molecule has 0 radical (unpaired) electrons. The number of benzene rings is 3. The van der Waals surface area contributed by atoms with E-state index in [9.17, 15) is 14.4 Å². The molecule has 0 unspecified atom stereocenters. The lowest BCUT2D eigenvalue weighted by molar-refractivity contribution is -0.146. The van der Waals surface area contributed by atoms with Gasteiger partial charge in [-0.15, -0.1) is 0 Å². The summed E-state index contributed by atoms with van der Waals surface area (Å²) in [5, 5.41) is 5.44. The molecule has 3 aromatic carbocycles. The minimum absolute atomic E-state index is 0.00207. The lowest BCUT2D eigenvalue weighted by atomic mass is 10.1. The largest absolute Gasteiger partial charge is 0.494 e. The monoisotopic (exact) mass is 490 g/mol. The van der Waals surface area contributed by atoms with Gasteiger partial charge < -0.3 is 29.6 Å². The molecule has 3 aromatic rings. The Kier molecular flexibility index (Phi) is 8.02. The summed E-state index contributed by atoms with van der Waals surface area (Å²) in [4.78, 5) is 36.8. The highest BCUT2D eigenvalue weighted by Gasteiger charge is 2.15. The normalized spacial score (nSPS) is 11.8. The molecule has 0 aliphatic carbocycles.